The molecule has 22 heavy (non-hydrogen) atoms. The number of pyridine rings is 1. The van der Waals surface area contributed by atoms with Gasteiger partial charge >= 0.3 is 0 Å². The zero-order valence-electron chi connectivity index (χ0n) is 12.7. The molecule has 1 aromatic heterocycles. The van der Waals surface area contributed by atoms with E-state index in [1.54, 1.807) is 31.5 Å². The number of hydrogen-bond donors (Lipinski definition) is 2. The first-order chi connectivity index (χ1) is 10.7. The van der Waals surface area contributed by atoms with Crippen molar-refractivity contribution in [2.45, 2.75) is 19.4 Å². The Morgan fingerprint density at radius 1 is 1.36 bits per heavy atom. The first-order valence-electron chi connectivity index (χ1n) is 7.15. The molecule has 0 saturated carbocycles. The summed E-state index contributed by atoms with van der Waals surface area (Å²) in [7, 11) is 1.60. The van der Waals surface area contributed by atoms with Gasteiger partial charge in [0, 0.05) is 12.8 Å². The van der Waals surface area contributed by atoms with Crippen LogP contribution in [-0.2, 0) is 6.42 Å². The van der Waals surface area contributed by atoms with Gasteiger partial charge < -0.3 is 15.2 Å². The predicted molar refractivity (Wildman–Crippen MR) is 83.9 cm³/mol. The minimum absolute atomic E-state index is 0.0558. The van der Waals surface area contributed by atoms with Crippen molar-refractivity contribution in [2.24, 2.45) is 0 Å². The normalized spacial score (nSPS) is 11.8. The van der Waals surface area contributed by atoms with Crippen molar-refractivity contribution in [2.75, 3.05) is 13.7 Å². The third-order valence-corrected chi connectivity index (χ3v) is 3.45. The fourth-order valence-electron chi connectivity index (χ4n) is 2.30. The van der Waals surface area contributed by atoms with Crippen LogP contribution in [0.5, 0.6) is 5.75 Å². The monoisotopic (exact) mass is 300 g/mol. The minimum atomic E-state index is -0.231. The third-order valence-electron chi connectivity index (χ3n) is 3.45. The van der Waals surface area contributed by atoms with Crippen LogP contribution in [0.2, 0.25) is 0 Å². The fraction of sp³-hybridized carbons (Fsp3) is 0.294. The Morgan fingerprint density at radius 2 is 2.18 bits per heavy atom. The third kappa shape index (κ3) is 3.83. The van der Waals surface area contributed by atoms with Crippen molar-refractivity contribution in [1.82, 2.24) is 10.3 Å². The predicted octanol–water partition coefficient (Wildman–Crippen LogP) is 2.12. The van der Waals surface area contributed by atoms with Crippen molar-refractivity contribution >= 4 is 5.91 Å². The van der Waals surface area contributed by atoms with Gasteiger partial charge in [-0.1, -0.05) is 12.1 Å². The molecule has 116 valence electrons. The topological polar surface area (TPSA) is 71.5 Å². The Labute approximate surface area is 130 Å². The van der Waals surface area contributed by atoms with Crippen LogP contribution in [0.3, 0.4) is 0 Å². The Bertz CT molecular complexity index is 629. The second-order valence-corrected chi connectivity index (χ2v) is 4.95. The summed E-state index contributed by atoms with van der Waals surface area (Å²) in [5.74, 6) is 0.487. The summed E-state index contributed by atoms with van der Waals surface area (Å²) in [5.41, 5.74) is 2.29. The second kappa shape index (κ2) is 7.56. The van der Waals surface area contributed by atoms with E-state index in [-0.39, 0.29) is 18.6 Å². The van der Waals surface area contributed by atoms with Gasteiger partial charge in [-0.15, -0.1) is 0 Å². The Morgan fingerprint density at radius 3 is 2.82 bits per heavy atom. The highest BCUT2D eigenvalue weighted by Gasteiger charge is 2.16. The first-order valence-corrected chi connectivity index (χ1v) is 7.15. The summed E-state index contributed by atoms with van der Waals surface area (Å²) in [4.78, 5) is 16.2. The van der Waals surface area contributed by atoms with E-state index in [4.69, 9.17) is 4.74 Å². The van der Waals surface area contributed by atoms with Crippen LogP contribution in [0.25, 0.3) is 0 Å². The molecule has 0 fully saturated rings. The molecule has 1 unspecified atom stereocenters. The molecule has 1 atom stereocenters. The van der Waals surface area contributed by atoms with E-state index in [0.717, 1.165) is 16.9 Å². The number of benzene rings is 1. The number of rotatable bonds is 6. The van der Waals surface area contributed by atoms with Crippen molar-refractivity contribution in [3.8, 4) is 5.75 Å². The highest BCUT2D eigenvalue weighted by molar-refractivity contribution is 5.92. The number of carbonyl (C=O) groups excluding carboxylic acids is 1. The van der Waals surface area contributed by atoms with Gasteiger partial charge in [0.25, 0.3) is 5.91 Å². The number of carbonyl (C=O) groups is 1. The van der Waals surface area contributed by atoms with Gasteiger partial charge in [-0.05, 0) is 48.7 Å². The molecule has 1 aromatic carbocycles. The average molecular weight is 300 g/mol. The maximum Gasteiger partial charge on any atom is 0.270 e. The first kappa shape index (κ1) is 16.0. The smallest absolute Gasteiger partial charge is 0.270 e. The lowest BCUT2D eigenvalue weighted by Crippen LogP contribution is -2.28. The van der Waals surface area contributed by atoms with E-state index in [1.807, 2.05) is 25.1 Å². The van der Waals surface area contributed by atoms with Crippen LogP contribution < -0.4 is 10.1 Å². The molecule has 2 N–H and O–H groups in total. The molecule has 1 heterocycles. The molecular weight excluding hydrogens is 280 g/mol. The van der Waals surface area contributed by atoms with E-state index in [9.17, 15) is 9.90 Å². The van der Waals surface area contributed by atoms with Gasteiger partial charge in [0.2, 0.25) is 0 Å². The van der Waals surface area contributed by atoms with E-state index in [2.05, 4.69) is 10.3 Å². The SMILES string of the molecule is COc1ccc(CCO)c(C(C)NC(=O)c2ccccn2)c1. The second-order valence-electron chi connectivity index (χ2n) is 4.95. The summed E-state index contributed by atoms with van der Waals surface area (Å²) in [6.07, 6.45) is 2.12. The van der Waals surface area contributed by atoms with Gasteiger partial charge in [-0.2, -0.15) is 0 Å². The summed E-state index contributed by atoms with van der Waals surface area (Å²) in [6.45, 7) is 1.96. The maximum absolute atomic E-state index is 12.2. The average Bonchev–Trinajstić information content (AvgIpc) is 2.56. The lowest BCUT2D eigenvalue weighted by Gasteiger charge is -2.18. The maximum atomic E-state index is 12.2. The molecule has 0 aliphatic carbocycles. The van der Waals surface area contributed by atoms with Gasteiger partial charge in [0.15, 0.2) is 0 Å². The van der Waals surface area contributed by atoms with E-state index in [0.29, 0.717) is 12.1 Å². The van der Waals surface area contributed by atoms with Crippen LogP contribution in [-0.4, -0.2) is 29.7 Å². The number of ether oxygens (including phenoxy) is 1. The largest absolute Gasteiger partial charge is 0.497 e. The number of aliphatic hydroxyl groups excluding tert-OH is 1. The van der Waals surface area contributed by atoms with Crippen LogP contribution in [0.1, 0.15) is 34.6 Å². The summed E-state index contributed by atoms with van der Waals surface area (Å²) < 4.78 is 5.24. The molecule has 2 aromatic rings. The summed E-state index contributed by atoms with van der Waals surface area (Å²) in [6, 6.07) is 10.6. The molecule has 0 spiro atoms. The van der Waals surface area contributed by atoms with Crippen LogP contribution >= 0.6 is 0 Å². The molecule has 2 rings (SSSR count). The number of hydrogen-bond acceptors (Lipinski definition) is 4. The van der Waals surface area contributed by atoms with Gasteiger partial charge in [-0.25, -0.2) is 0 Å². The highest BCUT2D eigenvalue weighted by atomic mass is 16.5. The Kier molecular flexibility index (Phi) is 5.49. The fourth-order valence-corrected chi connectivity index (χ4v) is 2.30. The van der Waals surface area contributed by atoms with Gasteiger partial charge in [0.05, 0.1) is 13.2 Å². The zero-order chi connectivity index (χ0) is 15.9. The molecular formula is C17H20N2O3. The number of methoxy groups -OCH3 is 1. The lowest BCUT2D eigenvalue weighted by molar-refractivity contribution is 0.0934. The number of nitrogens with zero attached hydrogens (tertiary/aromatic N) is 1. The van der Waals surface area contributed by atoms with Crippen molar-refractivity contribution in [3.63, 3.8) is 0 Å². The number of aromatic nitrogens is 1. The molecule has 0 aliphatic rings. The van der Waals surface area contributed by atoms with Gasteiger partial charge in [-0.3, -0.25) is 9.78 Å². The minimum Gasteiger partial charge on any atom is -0.497 e. The van der Waals surface area contributed by atoms with Crippen molar-refractivity contribution in [1.29, 1.82) is 0 Å². The molecule has 0 aliphatic heterocycles. The molecule has 1 amide bonds. The van der Waals surface area contributed by atoms with E-state index in [1.165, 1.54) is 0 Å². The van der Waals surface area contributed by atoms with Crippen LogP contribution in [0, 0.1) is 0 Å². The van der Waals surface area contributed by atoms with E-state index < -0.39 is 0 Å². The van der Waals surface area contributed by atoms with Crippen molar-refractivity contribution in [3.05, 3.63) is 59.4 Å². The van der Waals surface area contributed by atoms with Gasteiger partial charge in [0.1, 0.15) is 11.4 Å². The molecule has 5 heteroatoms. The number of amides is 1. The molecule has 0 saturated heterocycles. The van der Waals surface area contributed by atoms with Crippen LogP contribution in [0.15, 0.2) is 42.6 Å². The van der Waals surface area contributed by atoms with E-state index >= 15 is 0 Å². The van der Waals surface area contributed by atoms with Crippen LogP contribution in [0.4, 0.5) is 0 Å². The number of nitrogens with one attached hydrogen (secondary N) is 1. The Balaban J connectivity index is 2.20. The Hall–Kier alpha value is -2.40. The number of aliphatic hydroxyl groups is 1. The van der Waals surface area contributed by atoms with Crippen molar-refractivity contribution < 1.29 is 14.6 Å². The lowest BCUT2D eigenvalue weighted by atomic mass is 9.98. The summed E-state index contributed by atoms with van der Waals surface area (Å²) >= 11 is 0. The molecule has 0 radical (unpaired) electrons. The molecule has 0 bridgehead atoms. The quantitative estimate of drug-likeness (QED) is 0.857. The zero-order valence-corrected chi connectivity index (χ0v) is 12.7. The highest BCUT2D eigenvalue weighted by Crippen LogP contribution is 2.24. The summed E-state index contributed by atoms with van der Waals surface area (Å²) in [5, 5.41) is 12.1. The standard InChI is InChI=1S/C17H20N2O3/c1-12(19-17(21)16-5-3-4-9-18-16)15-11-14(22-2)7-6-13(15)8-10-20/h3-7,9,11-12,20H,8,10H2,1-2H3,(H,19,21). The molecule has 5 nitrogen and oxygen atoms in total.